The van der Waals surface area contributed by atoms with Gasteiger partial charge in [-0.25, -0.2) is 0 Å². The number of benzene rings is 8. The number of hydrogen-bond acceptors (Lipinski definition) is 1. The van der Waals surface area contributed by atoms with Crippen molar-refractivity contribution in [3.05, 3.63) is 198 Å². The lowest BCUT2D eigenvalue weighted by Gasteiger charge is -2.39. The van der Waals surface area contributed by atoms with Crippen molar-refractivity contribution in [3.63, 3.8) is 0 Å². The molecule has 0 N–H and O–H groups in total. The smallest absolute Gasteiger partial charge is 0.132 e. The van der Waals surface area contributed by atoms with E-state index < -0.39 is 5.41 Å². The predicted molar refractivity (Wildman–Crippen MR) is 201 cm³/mol. The van der Waals surface area contributed by atoms with Crippen LogP contribution in [0.15, 0.2) is 176 Å². The van der Waals surface area contributed by atoms with Crippen LogP contribution in [0.3, 0.4) is 0 Å². The molecule has 2 aliphatic rings. The fourth-order valence-corrected chi connectivity index (χ4v) is 8.78. The van der Waals surface area contributed by atoms with Crippen molar-refractivity contribution in [3.8, 4) is 39.4 Å². The minimum atomic E-state index is -0.479. The molecule has 228 valence electrons. The van der Waals surface area contributed by atoms with E-state index in [1.807, 2.05) is 0 Å². The zero-order valence-corrected chi connectivity index (χ0v) is 26.6. The van der Waals surface area contributed by atoms with Crippen LogP contribution in [-0.4, -0.2) is 4.57 Å². The van der Waals surface area contributed by atoms with Crippen LogP contribution in [0.4, 0.5) is 0 Å². The second kappa shape index (κ2) is 9.82. The van der Waals surface area contributed by atoms with Gasteiger partial charge in [-0.15, -0.1) is 0 Å². The van der Waals surface area contributed by atoms with E-state index in [0.717, 1.165) is 11.5 Å². The van der Waals surface area contributed by atoms with E-state index in [1.165, 1.54) is 82.8 Å². The van der Waals surface area contributed by atoms with Gasteiger partial charge < -0.3 is 9.30 Å². The standard InChI is InChI=1S/C47H29NO/c1-2-12-34(13-3-1)48-43-20-10-6-16-37(43)38-27-31-23-22-30(26-33(31)29-44(38)48)32-24-25-46-42(28-32)47(41-19-9-11-21-45(41)49-46)39-17-7-4-14-35(39)36-15-5-8-18-40(36)47/h1-29H. The first-order valence-corrected chi connectivity index (χ1v) is 16.9. The molecule has 49 heavy (non-hydrogen) atoms. The number of nitrogens with zero attached hydrogens (tertiary/aromatic N) is 1. The molecule has 0 bridgehead atoms. The summed E-state index contributed by atoms with van der Waals surface area (Å²) in [4.78, 5) is 0. The minimum absolute atomic E-state index is 0.479. The van der Waals surface area contributed by atoms with Gasteiger partial charge >= 0.3 is 0 Å². The number of aromatic nitrogens is 1. The molecule has 0 saturated carbocycles. The summed E-state index contributed by atoms with van der Waals surface area (Å²) in [5, 5.41) is 4.99. The highest BCUT2D eigenvalue weighted by Gasteiger charge is 2.50. The third kappa shape index (κ3) is 3.55. The maximum absolute atomic E-state index is 6.68. The third-order valence-electron chi connectivity index (χ3n) is 10.8. The maximum atomic E-state index is 6.68. The van der Waals surface area contributed by atoms with Crippen molar-refractivity contribution in [2.45, 2.75) is 5.41 Å². The molecule has 0 atom stereocenters. The first kappa shape index (κ1) is 26.7. The highest BCUT2D eigenvalue weighted by molar-refractivity contribution is 6.14. The Kier molecular flexibility index (Phi) is 5.34. The van der Waals surface area contributed by atoms with E-state index in [-0.39, 0.29) is 0 Å². The van der Waals surface area contributed by atoms with Crippen molar-refractivity contribution in [2.75, 3.05) is 0 Å². The maximum Gasteiger partial charge on any atom is 0.132 e. The summed E-state index contributed by atoms with van der Waals surface area (Å²) in [6.45, 7) is 0. The topological polar surface area (TPSA) is 14.2 Å². The van der Waals surface area contributed by atoms with Crippen LogP contribution >= 0.6 is 0 Å². The highest BCUT2D eigenvalue weighted by Crippen LogP contribution is 2.62. The van der Waals surface area contributed by atoms with Gasteiger partial charge in [0.05, 0.1) is 16.4 Å². The summed E-state index contributed by atoms with van der Waals surface area (Å²) in [6, 6.07) is 64.2. The van der Waals surface area contributed by atoms with Crippen LogP contribution in [0, 0.1) is 0 Å². The molecule has 8 aromatic carbocycles. The second-order valence-electron chi connectivity index (χ2n) is 13.3. The Morgan fingerprint density at radius 2 is 1.02 bits per heavy atom. The van der Waals surface area contributed by atoms with E-state index >= 15 is 0 Å². The van der Waals surface area contributed by atoms with Gasteiger partial charge in [-0.1, -0.05) is 121 Å². The predicted octanol–water partition coefficient (Wildman–Crippen LogP) is 12.1. The molecule has 0 unspecified atom stereocenters. The van der Waals surface area contributed by atoms with E-state index in [4.69, 9.17) is 4.74 Å². The van der Waals surface area contributed by atoms with Gasteiger partial charge in [0.2, 0.25) is 0 Å². The number of ether oxygens (including phenoxy) is 1. The minimum Gasteiger partial charge on any atom is -0.457 e. The number of rotatable bonds is 2. The molecule has 2 nitrogen and oxygen atoms in total. The Labute approximate surface area is 284 Å². The van der Waals surface area contributed by atoms with Gasteiger partial charge in [-0.2, -0.15) is 0 Å². The zero-order chi connectivity index (χ0) is 32.1. The molecular weight excluding hydrogens is 595 g/mol. The molecule has 0 fully saturated rings. The molecule has 0 amide bonds. The lowest BCUT2D eigenvalue weighted by Crippen LogP contribution is -2.32. The molecule has 9 aromatic rings. The summed E-state index contributed by atoms with van der Waals surface area (Å²) >= 11 is 0. The Morgan fingerprint density at radius 1 is 0.388 bits per heavy atom. The number of hydrogen-bond donors (Lipinski definition) is 0. The fourth-order valence-electron chi connectivity index (χ4n) is 8.78. The largest absolute Gasteiger partial charge is 0.457 e. The first-order valence-electron chi connectivity index (χ1n) is 16.9. The molecular formula is C47H29NO. The molecule has 2 heteroatoms. The molecule has 1 aromatic heterocycles. The van der Waals surface area contributed by atoms with Crippen molar-refractivity contribution in [1.29, 1.82) is 0 Å². The van der Waals surface area contributed by atoms with Gasteiger partial charge in [0.25, 0.3) is 0 Å². The summed E-state index contributed by atoms with van der Waals surface area (Å²) < 4.78 is 9.08. The van der Waals surface area contributed by atoms with Crippen molar-refractivity contribution in [2.24, 2.45) is 0 Å². The Hall–Kier alpha value is -6.38. The van der Waals surface area contributed by atoms with Crippen molar-refractivity contribution >= 4 is 32.6 Å². The van der Waals surface area contributed by atoms with Crippen LogP contribution < -0.4 is 4.74 Å². The average molecular weight is 624 g/mol. The number of para-hydroxylation sites is 3. The molecule has 0 saturated heterocycles. The Bertz CT molecular complexity index is 2760. The second-order valence-corrected chi connectivity index (χ2v) is 13.3. The lowest BCUT2D eigenvalue weighted by atomic mass is 9.66. The Morgan fingerprint density at radius 3 is 1.84 bits per heavy atom. The van der Waals surface area contributed by atoms with Gasteiger partial charge in [0.15, 0.2) is 0 Å². The van der Waals surface area contributed by atoms with Gasteiger partial charge in [0, 0.05) is 27.6 Å². The fraction of sp³-hybridized carbons (Fsp3) is 0.0213. The summed E-state index contributed by atoms with van der Waals surface area (Å²) in [6.07, 6.45) is 0. The molecule has 2 heterocycles. The lowest BCUT2D eigenvalue weighted by molar-refractivity contribution is 0.436. The molecule has 0 radical (unpaired) electrons. The highest BCUT2D eigenvalue weighted by atomic mass is 16.5. The quantitative estimate of drug-likeness (QED) is 0.187. The van der Waals surface area contributed by atoms with Crippen molar-refractivity contribution < 1.29 is 4.74 Å². The van der Waals surface area contributed by atoms with Gasteiger partial charge in [0.1, 0.15) is 11.5 Å². The van der Waals surface area contributed by atoms with Crippen LogP contribution in [0.1, 0.15) is 22.3 Å². The van der Waals surface area contributed by atoms with Crippen LogP contribution in [0.25, 0.3) is 60.5 Å². The Balaban J connectivity index is 1.15. The van der Waals surface area contributed by atoms with E-state index in [1.54, 1.807) is 0 Å². The molecule has 1 spiro atoms. The summed E-state index contributed by atoms with van der Waals surface area (Å²) in [5.41, 5.74) is 13.0. The normalized spacial score (nSPS) is 13.6. The summed E-state index contributed by atoms with van der Waals surface area (Å²) in [5.74, 6) is 1.82. The van der Waals surface area contributed by atoms with Gasteiger partial charge in [-0.05, 0) is 98.8 Å². The van der Waals surface area contributed by atoms with E-state index in [2.05, 4.69) is 180 Å². The summed E-state index contributed by atoms with van der Waals surface area (Å²) in [7, 11) is 0. The monoisotopic (exact) mass is 623 g/mol. The first-order chi connectivity index (χ1) is 24.3. The van der Waals surface area contributed by atoms with E-state index in [0.29, 0.717) is 0 Å². The zero-order valence-electron chi connectivity index (χ0n) is 26.6. The molecule has 11 rings (SSSR count). The SMILES string of the molecule is c1ccc(-n2c3ccccc3c3cc4ccc(-c5ccc6c(c5)C5(c7ccccc7O6)c6ccccc6-c6ccccc65)cc4cc32)cc1. The van der Waals surface area contributed by atoms with Crippen LogP contribution in [-0.2, 0) is 5.41 Å². The molecule has 1 aliphatic heterocycles. The third-order valence-corrected chi connectivity index (χ3v) is 10.8. The average Bonchev–Trinajstić information content (AvgIpc) is 3.64. The molecule has 1 aliphatic carbocycles. The van der Waals surface area contributed by atoms with E-state index in [9.17, 15) is 0 Å². The van der Waals surface area contributed by atoms with Crippen LogP contribution in [0.2, 0.25) is 0 Å². The number of fused-ring (bicyclic) bond motifs is 13. The van der Waals surface area contributed by atoms with Crippen molar-refractivity contribution in [1.82, 2.24) is 4.57 Å². The van der Waals surface area contributed by atoms with Gasteiger partial charge in [-0.3, -0.25) is 0 Å². The van der Waals surface area contributed by atoms with Crippen LogP contribution in [0.5, 0.6) is 11.5 Å².